The smallest absolute Gasteiger partial charge is 0.164 e. The quantitative estimate of drug-likeness (QED) is 0.779. The molecule has 3 rings (SSSR count). The molecule has 0 atom stereocenters. The summed E-state index contributed by atoms with van der Waals surface area (Å²) in [7, 11) is 0. The van der Waals surface area contributed by atoms with E-state index in [2.05, 4.69) is 20.3 Å². The highest BCUT2D eigenvalue weighted by Crippen LogP contribution is 2.25. The van der Waals surface area contributed by atoms with Crippen molar-refractivity contribution in [2.45, 2.75) is 6.92 Å². The number of aromatic nitrogens is 3. The first-order valence-electron chi connectivity index (χ1n) is 6.60. The van der Waals surface area contributed by atoms with E-state index < -0.39 is 5.82 Å². The molecule has 0 aliphatic heterocycles. The zero-order valence-electron chi connectivity index (χ0n) is 11.7. The Bertz CT molecular complexity index is 808. The summed E-state index contributed by atoms with van der Waals surface area (Å²) in [5.74, 6) is 0.453. The third-order valence-electron chi connectivity index (χ3n) is 2.98. The van der Waals surface area contributed by atoms with Crippen molar-refractivity contribution < 1.29 is 4.39 Å². The van der Waals surface area contributed by atoms with Crippen molar-refractivity contribution in [3.8, 4) is 11.4 Å². The molecule has 0 bridgehead atoms. The van der Waals surface area contributed by atoms with E-state index >= 15 is 0 Å². The predicted molar refractivity (Wildman–Crippen MR) is 84.7 cm³/mol. The zero-order chi connectivity index (χ0) is 15.5. The van der Waals surface area contributed by atoms with Gasteiger partial charge in [0.15, 0.2) is 5.82 Å². The normalized spacial score (nSPS) is 10.5. The van der Waals surface area contributed by atoms with E-state index in [0.29, 0.717) is 10.8 Å². The SMILES string of the molecule is Cc1cc(Nc2ccncc2)nc(-c2cc(Cl)ccc2F)n1. The first kappa shape index (κ1) is 14.4. The Morgan fingerprint density at radius 1 is 1.05 bits per heavy atom. The summed E-state index contributed by atoms with van der Waals surface area (Å²) >= 11 is 5.93. The maximum atomic E-state index is 14.0. The Morgan fingerprint density at radius 3 is 2.59 bits per heavy atom. The largest absolute Gasteiger partial charge is 0.340 e. The summed E-state index contributed by atoms with van der Waals surface area (Å²) in [4.78, 5) is 12.6. The van der Waals surface area contributed by atoms with Gasteiger partial charge in [0.05, 0.1) is 5.56 Å². The molecule has 0 amide bonds. The molecule has 0 unspecified atom stereocenters. The summed E-state index contributed by atoms with van der Waals surface area (Å²) in [6.45, 7) is 1.82. The number of rotatable bonds is 3. The lowest BCUT2D eigenvalue weighted by atomic mass is 10.2. The fraction of sp³-hybridized carbons (Fsp3) is 0.0625. The molecular weight excluding hydrogens is 303 g/mol. The topological polar surface area (TPSA) is 50.7 Å². The van der Waals surface area contributed by atoms with Crippen molar-refractivity contribution in [2.75, 3.05) is 5.32 Å². The molecule has 4 nitrogen and oxygen atoms in total. The van der Waals surface area contributed by atoms with Crippen LogP contribution in [0.2, 0.25) is 5.02 Å². The first-order valence-corrected chi connectivity index (χ1v) is 6.98. The van der Waals surface area contributed by atoms with Crippen molar-refractivity contribution >= 4 is 23.1 Å². The summed E-state index contributed by atoms with van der Waals surface area (Å²) in [5, 5.41) is 3.58. The lowest BCUT2D eigenvalue weighted by Gasteiger charge is -2.09. The minimum Gasteiger partial charge on any atom is -0.340 e. The molecule has 0 saturated heterocycles. The molecule has 1 N–H and O–H groups in total. The van der Waals surface area contributed by atoms with E-state index in [1.807, 2.05) is 19.1 Å². The van der Waals surface area contributed by atoms with Gasteiger partial charge in [0.2, 0.25) is 0 Å². The third kappa shape index (κ3) is 3.20. The van der Waals surface area contributed by atoms with Crippen LogP contribution in [0.5, 0.6) is 0 Å². The van der Waals surface area contributed by atoms with Crippen molar-refractivity contribution in [3.05, 3.63) is 65.3 Å². The van der Waals surface area contributed by atoms with Gasteiger partial charge < -0.3 is 5.32 Å². The van der Waals surface area contributed by atoms with Crippen LogP contribution in [0.1, 0.15) is 5.69 Å². The van der Waals surface area contributed by atoms with Crippen LogP contribution in [-0.4, -0.2) is 15.0 Å². The molecule has 0 aliphatic carbocycles. The number of benzene rings is 1. The van der Waals surface area contributed by atoms with Crippen LogP contribution in [0, 0.1) is 12.7 Å². The molecule has 1 aromatic carbocycles. The van der Waals surface area contributed by atoms with E-state index in [-0.39, 0.29) is 11.4 Å². The molecule has 0 aliphatic rings. The van der Waals surface area contributed by atoms with E-state index in [9.17, 15) is 4.39 Å². The minimum atomic E-state index is -0.412. The number of nitrogens with one attached hydrogen (secondary N) is 1. The average molecular weight is 315 g/mol. The second-order valence-electron chi connectivity index (χ2n) is 4.70. The molecule has 2 aromatic heterocycles. The highest BCUT2D eigenvalue weighted by molar-refractivity contribution is 6.30. The van der Waals surface area contributed by atoms with E-state index in [4.69, 9.17) is 11.6 Å². The number of hydrogen-bond donors (Lipinski definition) is 1. The van der Waals surface area contributed by atoms with Gasteiger partial charge in [-0.05, 0) is 37.3 Å². The monoisotopic (exact) mass is 314 g/mol. The molecule has 2 heterocycles. The van der Waals surface area contributed by atoms with Crippen LogP contribution < -0.4 is 5.32 Å². The Kier molecular flexibility index (Phi) is 3.98. The molecular formula is C16H12ClFN4. The summed E-state index contributed by atoms with van der Waals surface area (Å²) in [6, 6.07) is 9.73. The Morgan fingerprint density at radius 2 is 1.82 bits per heavy atom. The maximum Gasteiger partial charge on any atom is 0.164 e. The van der Waals surface area contributed by atoms with Gasteiger partial charge in [-0.2, -0.15) is 0 Å². The average Bonchev–Trinajstić information content (AvgIpc) is 2.50. The highest BCUT2D eigenvalue weighted by atomic mass is 35.5. The van der Waals surface area contributed by atoms with Crippen LogP contribution >= 0.6 is 11.6 Å². The number of hydrogen-bond acceptors (Lipinski definition) is 4. The fourth-order valence-electron chi connectivity index (χ4n) is 2.01. The Hall–Kier alpha value is -2.53. The van der Waals surface area contributed by atoms with Crippen molar-refractivity contribution in [1.82, 2.24) is 15.0 Å². The number of aryl methyl sites for hydroxylation is 1. The van der Waals surface area contributed by atoms with Gasteiger partial charge in [-0.25, -0.2) is 14.4 Å². The first-order chi connectivity index (χ1) is 10.6. The lowest BCUT2D eigenvalue weighted by Crippen LogP contribution is -2.00. The Balaban J connectivity index is 2.01. The standard InChI is InChI=1S/C16H12ClFN4/c1-10-8-15(21-12-4-6-19-7-5-12)22-16(20-10)13-9-11(17)2-3-14(13)18/h2-9H,1H3,(H,19,20,21,22). The lowest BCUT2D eigenvalue weighted by molar-refractivity contribution is 0.630. The van der Waals surface area contributed by atoms with E-state index in [1.165, 1.54) is 18.2 Å². The second kappa shape index (κ2) is 6.07. The van der Waals surface area contributed by atoms with Gasteiger partial charge >= 0.3 is 0 Å². The fourth-order valence-corrected chi connectivity index (χ4v) is 2.18. The van der Waals surface area contributed by atoms with Crippen LogP contribution in [0.3, 0.4) is 0 Å². The Labute approximate surface area is 132 Å². The van der Waals surface area contributed by atoms with Crippen LogP contribution in [0.4, 0.5) is 15.9 Å². The number of pyridine rings is 1. The third-order valence-corrected chi connectivity index (χ3v) is 3.21. The van der Waals surface area contributed by atoms with Gasteiger partial charge in [0.25, 0.3) is 0 Å². The van der Waals surface area contributed by atoms with Crippen molar-refractivity contribution in [2.24, 2.45) is 0 Å². The molecule has 110 valence electrons. The van der Waals surface area contributed by atoms with E-state index in [1.54, 1.807) is 18.5 Å². The predicted octanol–water partition coefficient (Wildman–Crippen LogP) is 4.38. The zero-order valence-corrected chi connectivity index (χ0v) is 12.5. The van der Waals surface area contributed by atoms with Gasteiger partial charge in [-0.3, -0.25) is 4.98 Å². The highest BCUT2D eigenvalue weighted by Gasteiger charge is 2.11. The van der Waals surface area contributed by atoms with Crippen molar-refractivity contribution in [1.29, 1.82) is 0 Å². The molecule has 6 heteroatoms. The molecule has 0 saturated carbocycles. The summed E-state index contributed by atoms with van der Waals surface area (Å²) in [6.07, 6.45) is 3.35. The molecule has 0 radical (unpaired) electrons. The van der Waals surface area contributed by atoms with Gasteiger partial charge in [-0.15, -0.1) is 0 Å². The minimum absolute atomic E-state index is 0.272. The number of nitrogens with zero attached hydrogens (tertiary/aromatic N) is 3. The second-order valence-corrected chi connectivity index (χ2v) is 5.14. The molecule has 0 fully saturated rings. The van der Waals surface area contributed by atoms with Gasteiger partial charge in [0.1, 0.15) is 11.6 Å². The molecule has 3 aromatic rings. The number of anilines is 2. The maximum absolute atomic E-state index is 14.0. The van der Waals surface area contributed by atoms with Crippen LogP contribution in [-0.2, 0) is 0 Å². The van der Waals surface area contributed by atoms with Crippen LogP contribution in [0.15, 0.2) is 48.8 Å². The van der Waals surface area contributed by atoms with Gasteiger partial charge in [-0.1, -0.05) is 11.6 Å². The summed E-state index contributed by atoms with van der Waals surface area (Å²) < 4.78 is 14.0. The van der Waals surface area contributed by atoms with Crippen molar-refractivity contribution in [3.63, 3.8) is 0 Å². The van der Waals surface area contributed by atoms with Crippen LogP contribution in [0.25, 0.3) is 11.4 Å². The van der Waals surface area contributed by atoms with E-state index in [0.717, 1.165) is 11.4 Å². The van der Waals surface area contributed by atoms with Gasteiger partial charge in [0, 0.05) is 34.9 Å². The summed E-state index contributed by atoms with van der Waals surface area (Å²) in [5.41, 5.74) is 1.83. The molecule has 22 heavy (non-hydrogen) atoms. The molecule has 0 spiro atoms. The number of halogens is 2.